The van der Waals surface area contributed by atoms with Crippen LogP contribution >= 0.6 is 0 Å². The van der Waals surface area contributed by atoms with Crippen LogP contribution in [0.5, 0.6) is 0 Å². The van der Waals surface area contributed by atoms with E-state index in [1.807, 2.05) is 0 Å². The van der Waals surface area contributed by atoms with Crippen molar-refractivity contribution in [1.29, 1.82) is 0 Å². The van der Waals surface area contributed by atoms with Gasteiger partial charge in [-0.3, -0.25) is 4.79 Å². The molecule has 0 aromatic heterocycles. The first-order valence-corrected chi connectivity index (χ1v) is 25.1. The number of rotatable bonds is 22. The van der Waals surface area contributed by atoms with Crippen LogP contribution in [0, 0.1) is 0 Å². The first-order valence-electron chi connectivity index (χ1n) is 14.9. The van der Waals surface area contributed by atoms with Crippen molar-refractivity contribution in [2.75, 3.05) is 0 Å². The maximum Gasteiger partial charge on any atom is 0.292 e. The Kier molecular flexibility index (Phi) is 18.8. The zero-order valence-electron chi connectivity index (χ0n) is 25.8. The van der Waals surface area contributed by atoms with Gasteiger partial charge in [0.25, 0.3) is 5.97 Å². The van der Waals surface area contributed by atoms with Crippen LogP contribution in [0.4, 0.5) is 0 Å². The van der Waals surface area contributed by atoms with Crippen LogP contribution in [0.3, 0.4) is 0 Å². The summed E-state index contributed by atoms with van der Waals surface area (Å²) in [6, 6.07) is 0. The lowest BCUT2D eigenvalue weighted by molar-refractivity contribution is -0.135. The molecule has 0 aromatic rings. The van der Waals surface area contributed by atoms with E-state index in [1.165, 1.54) is 57.8 Å². The fourth-order valence-corrected chi connectivity index (χ4v) is 7.20. The third-order valence-electron chi connectivity index (χ3n) is 5.68. The highest BCUT2D eigenvalue weighted by Gasteiger charge is 2.22. The van der Waals surface area contributed by atoms with Crippen molar-refractivity contribution < 1.29 is 18.1 Å². The Labute approximate surface area is 228 Å². The van der Waals surface area contributed by atoms with E-state index in [0.717, 1.165) is 25.7 Å². The molecule has 0 saturated carbocycles. The molecule has 0 rings (SSSR count). The minimum absolute atomic E-state index is 0.00957. The van der Waals surface area contributed by atoms with E-state index in [-0.39, 0.29) is 18.2 Å². The molecule has 2 atom stereocenters. The summed E-state index contributed by atoms with van der Waals surface area (Å²) in [5.41, 5.74) is 0. The monoisotopic (exact) mass is 558 g/mol. The highest BCUT2D eigenvalue weighted by atomic mass is 28.4. The molecule has 0 spiro atoms. The van der Waals surface area contributed by atoms with Crippen LogP contribution in [0.2, 0.25) is 58.9 Å². The summed E-state index contributed by atoms with van der Waals surface area (Å²) >= 11 is 0. The highest BCUT2D eigenvalue weighted by molar-refractivity contribution is 6.71. The van der Waals surface area contributed by atoms with Crippen LogP contribution in [0.1, 0.15) is 96.8 Å². The fraction of sp³-hybridized carbons (Fsp3) is 0.897. The second kappa shape index (κ2) is 18.9. The van der Waals surface area contributed by atoms with Crippen LogP contribution in [0.15, 0.2) is 12.2 Å². The van der Waals surface area contributed by atoms with Gasteiger partial charge in [0.2, 0.25) is 8.32 Å². The van der Waals surface area contributed by atoms with Crippen LogP contribution in [0.25, 0.3) is 0 Å². The van der Waals surface area contributed by atoms with Crippen LogP contribution in [-0.2, 0) is 18.1 Å². The quantitative estimate of drug-likeness (QED) is 0.0753. The third-order valence-corrected chi connectivity index (χ3v) is 8.54. The van der Waals surface area contributed by atoms with Crippen molar-refractivity contribution in [3.05, 3.63) is 12.2 Å². The molecule has 0 unspecified atom stereocenters. The smallest absolute Gasteiger partial charge is 0.292 e. The Morgan fingerprint density at radius 3 is 1.36 bits per heavy atom. The Hall–Kier alpha value is -0.219. The van der Waals surface area contributed by atoms with Crippen molar-refractivity contribution in [3.63, 3.8) is 0 Å². The predicted octanol–water partition coefficient (Wildman–Crippen LogP) is 9.84. The highest BCUT2D eigenvalue weighted by Crippen LogP contribution is 2.20. The van der Waals surface area contributed by atoms with Crippen molar-refractivity contribution >= 4 is 30.9 Å². The standard InChI is InChI=1S/C29H62O4Si3/c1-11-12-13-16-19-22-27(31-34(2,3)4)25-26-28(32-35(5,6)7)23-20-17-14-15-18-21-24-29(30)33-36(8,9)10/h25-28H,11-24H2,1-10H3/b26-25+/t27-,28+/m0/s1. The predicted molar refractivity (Wildman–Crippen MR) is 165 cm³/mol. The molecule has 214 valence electrons. The lowest BCUT2D eigenvalue weighted by Gasteiger charge is -2.27. The second-order valence-corrected chi connectivity index (χ2v) is 26.7. The van der Waals surface area contributed by atoms with E-state index in [2.05, 4.69) is 78.0 Å². The van der Waals surface area contributed by atoms with Crippen molar-refractivity contribution in [3.8, 4) is 0 Å². The van der Waals surface area contributed by atoms with E-state index in [9.17, 15) is 4.79 Å². The zero-order chi connectivity index (χ0) is 27.7. The summed E-state index contributed by atoms with van der Waals surface area (Å²) in [5.74, 6) is -0.00957. The van der Waals surface area contributed by atoms with Gasteiger partial charge in [-0.25, -0.2) is 0 Å². The van der Waals surface area contributed by atoms with Gasteiger partial charge in [-0.05, 0) is 78.2 Å². The average Bonchev–Trinajstić information content (AvgIpc) is 2.69. The zero-order valence-corrected chi connectivity index (χ0v) is 28.8. The minimum atomic E-state index is -1.74. The minimum Gasteiger partial charge on any atom is -0.520 e. The van der Waals surface area contributed by atoms with Crippen molar-refractivity contribution in [2.45, 2.75) is 168 Å². The number of hydrogen-bond donors (Lipinski definition) is 0. The van der Waals surface area contributed by atoms with Gasteiger partial charge in [0.05, 0.1) is 12.2 Å². The molecule has 0 radical (unpaired) electrons. The van der Waals surface area contributed by atoms with Gasteiger partial charge in [0.1, 0.15) is 0 Å². The topological polar surface area (TPSA) is 44.8 Å². The third kappa shape index (κ3) is 25.4. The van der Waals surface area contributed by atoms with Gasteiger partial charge in [-0.15, -0.1) is 0 Å². The fourth-order valence-electron chi connectivity index (χ4n) is 4.21. The molecule has 0 aliphatic heterocycles. The van der Waals surface area contributed by atoms with Gasteiger partial charge in [0.15, 0.2) is 16.6 Å². The lowest BCUT2D eigenvalue weighted by atomic mass is 10.0. The van der Waals surface area contributed by atoms with Crippen molar-refractivity contribution in [1.82, 2.24) is 0 Å². The Morgan fingerprint density at radius 2 is 0.972 bits per heavy atom. The summed E-state index contributed by atoms with van der Waals surface area (Å²) in [6.07, 6.45) is 21.2. The van der Waals surface area contributed by atoms with Gasteiger partial charge in [-0.2, -0.15) is 0 Å². The van der Waals surface area contributed by atoms with Gasteiger partial charge in [-0.1, -0.05) is 83.3 Å². The first-order chi connectivity index (χ1) is 16.6. The van der Waals surface area contributed by atoms with Crippen molar-refractivity contribution in [2.24, 2.45) is 0 Å². The molecular weight excluding hydrogens is 497 g/mol. The Bertz CT molecular complexity index is 589. The Balaban J connectivity index is 4.55. The SMILES string of the molecule is CCCCCCC[C@@H](/C=C/[C@@H](CCCCCCCCC(=O)O[Si](C)(C)C)O[Si](C)(C)C)O[Si](C)(C)C. The largest absolute Gasteiger partial charge is 0.520 e. The second-order valence-electron chi connectivity index (χ2n) is 13.4. The molecule has 0 bridgehead atoms. The summed E-state index contributed by atoms with van der Waals surface area (Å²) in [7, 11) is -4.95. The van der Waals surface area contributed by atoms with E-state index in [1.54, 1.807) is 0 Å². The molecule has 0 amide bonds. The normalized spacial score (nSPS) is 14.8. The van der Waals surface area contributed by atoms with E-state index < -0.39 is 25.0 Å². The molecule has 0 aliphatic rings. The number of unbranched alkanes of at least 4 members (excludes halogenated alkanes) is 9. The molecule has 36 heavy (non-hydrogen) atoms. The summed E-state index contributed by atoms with van der Waals surface area (Å²) in [6.45, 7) is 22.2. The van der Waals surface area contributed by atoms with Crippen LogP contribution in [-0.4, -0.2) is 43.1 Å². The number of carbonyl (C=O) groups is 1. The van der Waals surface area contributed by atoms with Crippen LogP contribution < -0.4 is 0 Å². The molecule has 0 fully saturated rings. The maximum absolute atomic E-state index is 11.9. The number of hydrogen-bond acceptors (Lipinski definition) is 4. The average molecular weight is 559 g/mol. The van der Waals surface area contributed by atoms with E-state index >= 15 is 0 Å². The summed E-state index contributed by atoms with van der Waals surface area (Å²) in [5, 5.41) is 0. The molecule has 4 nitrogen and oxygen atoms in total. The lowest BCUT2D eigenvalue weighted by Crippen LogP contribution is -2.33. The first kappa shape index (κ1) is 35.8. The van der Waals surface area contributed by atoms with Gasteiger partial charge >= 0.3 is 0 Å². The number of carbonyl (C=O) groups excluding carboxylic acids is 1. The van der Waals surface area contributed by atoms with Gasteiger partial charge in [0, 0.05) is 6.42 Å². The molecule has 7 heteroatoms. The molecule has 0 heterocycles. The summed E-state index contributed by atoms with van der Waals surface area (Å²) in [4.78, 5) is 11.9. The van der Waals surface area contributed by atoms with E-state index in [4.69, 9.17) is 13.3 Å². The molecule has 0 saturated heterocycles. The summed E-state index contributed by atoms with van der Waals surface area (Å²) < 4.78 is 18.6. The van der Waals surface area contributed by atoms with Gasteiger partial charge < -0.3 is 13.3 Å². The van der Waals surface area contributed by atoms with E-state index in [0.29, 0.717) is 6.42 Å². The molecule has 0 aliphatic carbocycles. The molecule has 0 N–H and O–H groups in total. The Morgan fingerprint density at radius 1 is 0.583 bits per heavy atom. The maximum atomic E-state index is 11.9. The molecule has 0 aromatic carbocycles. The molecular formula is C29H62O4Si3.